The van der Waals surface area contributed by atoms with Crippen molar-refractivity contribution in [2.24, 2.45) is 0 Å². The monoisotopic (exact) mass is 345 g/mol. The predicted octanol–water partition coefficient (Wildman–Crippen LogP) is 2.13. The molecule has 1 amide bonds. The zero-order valence-electron chi connectivity index (χ0n) is 13.3. The highest BCUT2D eigenvalue weighted by Gasteiger charge is 2.51. The number of nitrogen functional groups attached to an aromatic ring is 1. The van der Waals surface area contributed by atoms with E-state index in [1.807, 2.05) is 12.1 Å². The maximum Gasteiger partial charge on any atom is 0.235 e. The van der Waals surface area contributed by atoms with Crippen LogP contribution in [0.15, 0.2) is 47.6 Å². The van der Waals surface area contributed by atoms with E-state index in [1.165, 1.54) is 18.2 Å². The minimum atomic E-state index is -3.36. The molecule has 1 saturated carbocycles. The van der Waals surface area contributed by atoms with Crippen LogP contribution in [0.5, 0.6) is 0 Å². The number of amides is 1. The van der Waals surface area contributed by atoms with Gasteiger partial charge in [0.15, 0.2) is 9.84 Å². The maximum atomic E-state index is 12.7. The Morgan fingerprint density at radius 3 is 2.50 bits per heavy atom. The summed E-state index contributed by atoms with van der Waals surface area (Å²) in [4.78, 5) is 16.9. The van der Waals surface area contributed by atoms with Crippen LogP contribution in [-0.4, -0.2) is 25.1 Å². The lowest BCUT2D eigenvalue weighted by atomic mass is 9.96. The molecule has 0 spiro atoms. The molecule has 3 N–H and O–H groups in total. The molecule has 126 valence electrons. The average Bonchev–Trinajstić information content (AvgIpc) is 3.39. The number of carbonyl (C=O) groups excluding carboxylic acids is 1. The van der Waals surface area contributed by atoms with Gasteiger partial charge in [0.1, 0.15) is 0 Å². The van der Waals surface area contributed by atoms with Gasteiger partial charge in [-0.2, -0.15) is 0 Å². The summed E-state index contributed by atoms with van der Waals surface area (Å²) in [5, 5.41) is 2.80. The molecule has 7 heteroatoms. The lowest BCUT2D eigenvalue weighted by Crippen LogP contribution is -2.28. The van der Waals surface area contributed by atoms with Crippen LogP contribution in [0.3, 0.4) is 0 Å². The van der Waals surface area contributed by atoms with Gasteiger partial charge < -0.3 is 11.1 Å². The minimum Gasteiger partial charge on any atom is -0.397 e. The van der Waals surface area contributed by atoms with E-state index in [0.717, 1.165) is 18.4 Å². The van der Waals surface area contributed by atoms with Crippen molar-refractivity contribution < 1.29 is 13.2 Å². The molecule has 3 rings (SSSR count). The van der Waals surface area contributed by atoms with Crippen LogP contribution in [0.25, 0.3) is 0 Å². The van der Waals surface area contributed by atoms with Gasteiger partial charge in [-0.1, -0.05) is 6.92 Å². The van der Waals surface area contributed by atoms with Crippen molar-refractivity contribution in [1.82, 2.24) is 4.98 Å². The van der Waals surface area contributed by atoms with Gasteiger partial charge in [0.05, 0.1) is 27.4 Å². The zero-order chi connectivity index (χ0) is 17.4. The van der Waals surface area contributed by atoms with Crippen LogP contribution in [0, 0.1) is 0 Å². The Labute approximate surface area is 141 Å². The van der Waals surface area contributed by atoms with Gasteiger partial charge in [0, 0.05) is 12.4 Å². The first kappa shape index (κ1) is 16.4. The Morgan fingerprint density at radius 1 is 1.25 bits per heavy atom. The molecule has 0 aliphatic heterocycles. The summed E-state index contributed by atoms with van der Waals surface area (Å²) in [5.74, 6) is -0.183. The van der Waals surface area contributed by atoms with Gasteiger partial charge in [-0.05, 0) is 48.7 Å². The van der Waals surface area contributed by atoms with Gasteiger partial charge >= 0.3 is 0 Å². The third-order valence-electron chi connectivity index (χ3n) is 4.43. The van der Waals surface area contributed by atoms with Gasteiger partial charge in [0.2, 0.25) is 5.91 Å². The number of hydrogen-bond donors (Lipinski definition) is 2. The number of benzene rings is 1. The van der Waals surface area contributed by atoms with E-state index < -0.39 is 15.3 Å². The highest BCUT2D eigenvalue weighted by molar-refractivity contribution is 7.91. The molecule has 1 aromatic carbocycles. The number of nitrogens with one attached hydrogen (secondary N) is 1. The molecule has 6 nitrogen and oxygen atoms in total. The molecule has 1 heterocycles. The first-order chi connectivity index (χ1) is 11.4. The van der Waals surface area contributed by atoms with Crippen molar-refractivity contribution in [3.63, 3.8) is 0 Å². The summed E-state index contributed by atoms with van der Waals surface area (Å²) in [6, 6.07) is 8.04. The number of nitrogens with zero attached hydrogens (tertiary/aromatic N) is 1. The lowest BCUT2D eigenvalue weighted by molar-refractivity contribution is -0.118. The summed E-state index contributed by atoms with van der Waals surface area (Å²) in [5.41, 5.74) is 6.90. The van der Waals surface area contributed by atoms with Crippen molar-refractivity contribution in [1.29, 1.82) is 0 Å². The van der Waals surface area contributed by atoms with E-state index in [2.05, 4.69) is 10.3 Å². The van der Waals surface area contributed by atoms with E-state index >= 15 is 0 Å². The topological polar surface area (TPSA) is 102 Å². The maximum absolute atomic E-state index is 12.7. The first-order valence-electron chi connectivity index (χ1n) is 7.73. The smallest absolute Gasteiger partial charge is 0.235 e. The Balaban J connectivity index is 1.89. The molecular formula is C17H19N3O3S. The lowest BCUT2D eigenvalue weighted by Gasteiger charge is -2.17. The van der Waals surface area contributed by atoms with E-state index in [-0.39, 0.29) is 16.6 Å². The van der Waals surface area contributed by atoms with Crippen LogP contribution in [-0.2, 0) is 20.0 Å². The van der Waals surface area contributed by atoms with Crippen molar-refractivity contribution in [2.75, 3.05) is 16.8 Å². The van der Waals surface area contributed by atoms with E-state index in [4.69, 9.17) is 5.73 Å². The summed E-state index contributed by atoms with van der Waals surface area (Å²) < 4.78 is 24.0. The van der Waals surface area contributed by atoms with Crippen LogP contribution in [0.1, 0.15) is 25.3 Å². The summed E-state index contributed by atoms with van der Waals surface area (Å²) in [6.45, 7) is 1.58. The largest absolute Gasteiger partial charge is 0.397 e. The third-order valence-corrected chi connectivity index (χ3v) is 6.16. The SMILES string of the molecule is CCS(=O)(=O)c1ccc(N)c(NC(=O)C2(c3ccncc3)CC2)c1. The summed E-state index contributed by atoms with van der Waals surface area (Å²) in [7, 11) is -3.36. The fourth-order valence-corrected chi connectivity index (χ4v) is 3.59. The Hall–Kier alpha value is -2.41. The van der Waals surface area contributed by atoms with Crippen molar-refractivity contribution in [3.8, 4) is 0 Å². The number of sulfone groups is 1. The van der Waals surface area contributed by atoms with Crippen molar-refractivity contribution in [2.45, 2.75) is 30.1 Å². The number of rotatable bonds is 5. The minimum absolute atomic E-state index is 0.00867. The molecular weight excluding hydrogens is 326 g/mol. The molecule has 0 atom stereocenters. The molecule has 1 aliphatic rings. The zero-order valence-corrected chi connectivity index (χ0v) is 14.1. The highest BCUT2D eigenvalue weighted by atomic mass is 32.2. The van der Waals surface area contributed by atoms with Crippen LogP contribution < -0.4 is 11.1 Å². The Morgan fingerprint density at radius 2 is 1.92 bits per heavy atom. The van der Waals surface area contributed by atoms with E-state index in [1.54, 1.807) is 19.3 Å². The Kier molecular flexibility index (Phi) is 4.04. The molecule has 0 radical (unpaired) electrons. The third kappa shape index (κ3) is 2.87. The van der Waals surface area contributed by atoms with Gasteiger partial charge in [0.25, 0.3) is 0 Å². The first-order valence-corrected chi connectivity index (χ1v) is 9.38. The molecule has 1 aromatic heterocycles. The van der Waals surface area contributed by atoms with Crippen LogP contribution in [0.4, 0.5) is 11.4 Å². The fourth-order valence-electron chi connectivity index (χ4n) is 2.69. The Bertz CT molecular complexity index is 875. The van der Waals surface area contributed by atoms with Crippen LogP contribution >= 0.6 is 0 Å². The van der Waals surface area contributed by atoms with Crippen molar-refractivity contribution in [3.05, 3.63) is 48.3 Å². The number of nitrogens with two attached hydrogens (primary N) is 1. The molecule has 0 bridgehead atoms. The number of anilines is 2. The average molecular weight is 345 g/mol. The van der Waals surface area contributed by atoms with Gasteiger partial charge in [-0.25, -0.2) is 8.42 Å². The van der Waals surface area contributed by atoms with Gasteiger partial charge in [-0.3, -0.25) is 9.78 Å². The van der Waals surface area contributed by atoms with Crippen LogP contribution in [0.2, 0.25) is 0 Å². The van der Waals surface area contributed by atoms with Gasteiger partial charge in [-0.15, -0.1) is 0 Å². The quantitative estimate of drug-likeness (QED) is 0.808. The number of hydrogen-bond acceptors (Lipinski definition) is 5. The fraction of sp³-hybridized carbons (Fsp3) is 0.294. The van der Waals surface area contributed by atoms with Crippen molar-refractivity contribution >= 4 is 27.1 Å². The standard InChI is InChI=1S/C17H19N3O3S/c1-2-24(22,23)13-3-4-14(18)15(11-13)20-16(21)17(7-8-17)12-5-9-19-10-6-12/h3-6,9-11H,2,7-8,18H2,1H3,(H,20,21). The number of pyridine rings is 1. The predicted molar refractivity (Wildman–Crippen MR) is 92.4 cm³/mol. The second-order valence-corrected chi connectivity index (χ2v) is 8.20. The molecule has 1 aliphatic carbocycles. The molecule has 0 unspecified atom stereocenters. The normalized spacial score (nSPS) is 15.7. The summed E-state index contributed by atoms with van der Waals surface area (Å²) in [6.07, 6.45) is 4.81. The number of carbonyl (C=O) groups is 1. The molecule has 2 aromatic rings. The second-order valence-electron chi connectivity index (χ2n) is 5.92. The number of aromatic nitrogens is 1. The second kappa shape index (κ2) is 5.90. The molecule has 24 heavy (non-hydrogen) atoms. The highest BCUT2D eigenvalue weighted by Crippen LogP contribution is 2.49. The van der Waals surface area contributed by atoms with E-state index in [0.29, 0.717) is 11.4 Å². The van der Waals surface area contributed by atoms with E-state index in [9.17, 15) is 13.2 Å². The molecule has 1 fully saturated rings. The summed E-state index contributed by atoms with van der Waals surface area (Å²) >= 11 is 0. The molecule has 0 saturated heterocycles.